The molecule has 6 heteroatoms. The number of nitrogens with one attached hydrogen (secondary N) is 2. The topological polar surface area (TPSA) is 71.8 Å². The second kappa shape index (κ2) is 7.94. The summed E-state index contributed by atoms with van der Waals surface area (Å²) in [6.45, 7) is 6.01. The first-order chi connectivity index (χ1) is 13.6. The number of piperidine rings is 1. The SMILES string of the molecule is Cc1cc(C(=O)Nc2ccc(C3CCNCC3)cc2)c(C)n1-c1ncccn1. The summed E-state index contributed by atoms with van der Waals surface area (Å²) in [6, 6.07) is 11.9. The van der Waals surface area contributed by atoms with Crippen molar-refractivity contribution in [2.24, 2.45) is 0 Å². The fourth-order valence-corrected chi connectivity index (χ4v) is 3.90. The van der Waals surface area contributed by atoms with E-state index in [0.29, 0.717) is 17.4 Å². The van der Waals surface area contributed by atoms with Gasteiger partial charge >= 0.3 is 0 Å². The molecule has 0 saturated carbocycles. The van der Waals surface area contributed by atoms with Crippen LogP contribution in [-0.2, 0) is 0 Å². The van der Waals surface area contributed by atoms with Gasteiger partial charge in [-0.3, -0.25) is 9.36 Å². The van der Waals surface area contributed by atoms with E-state index in [-0.39, 0.29) is 5.91 Å². The largest absolute Gasteiger partial charge is 0.322 e. The summed E-state index contributed by atoms with van der Waals surface area (Å²) >= 11 is 0. The second-order valence-electron chi connectivity index (χ2n) is 7.27. The lowest BCUT2D eigenvalue weighted by molar-refractivity contribution is 0.102. The van der Waals surface area contributed by atoms with Crippen molar-refractivity contribution in [3.8, 4) is 5.95 Å². The van der Waals surface area contributed by atoms with E-state index < -0.39 is 0 Å². The number of rotatable bonds is 4. The van der Waals surface area contributed by atoms with Crippen LogP contribution in [0.1, 0.15) is 46.1 Å². The molecule has 6 nitrogen and oxygen atoms in total. The molecule has 1 aliphatic heterocycles. The highest BCUT2D eigenvalue weighted by atomic mass is 16.1. The Hall–Kier alpha value is -2.99. The number of carbonyl (C=O) groups is 1. The number of carbonyl (C=O) groups excluding carboxylic acids is 1. The molecule has 3 heterocycles. The third-order valence-corrected chi connectivity index (χ3v) is 5.41. The van der Waals surface area contributed by atoms with Gasteiger partial charge in [-0.1, -0.05) is 12.1 Å². The van der Waals surface area contributed by atoms with Gasteiger partial charge in [0.05, 0.1) is 5.56 Å². The van der Waals surface area contributed by atoms with Crippen molar-refractivity contribution >= 4 is 11.6 Å². The summed E-state index contributed by atoms with van der Waals surface area (Å²) in [5.41, 5.74) is 4.54. The number of benzene rings is 1. The minimum Gasteiger partial charge on any atom is -0.322 e. The number of aromatic nitrogens is 3. The molecule has 28 heavy (non-hydrogen) atoms. The molecule has 144 valence electrons. The minimum atomic E-state index is -0.120. The zero-order valence-corrected chi connectivity index (χ0v) is 16.3. The van der Waals surface area contributed by atoms with E-state index in [4.69, 9.17) is 0 Å². The smallest absolute Gasteiger partial charge is 0.257 e. The molecule has 4 rings (SSSR count). The lowest BCUT2D eigenvalue weighted by Gasteiger charge is -2.23. The summed E-state index contributed by atoms with van der Waals surface area (Å²) in [5, 5.41) is 6.41. The van der Waals surface area contributed by atoms with E-state index in [1.54, 1.807) is 18.5 Å². The standard InChI is InChI=1S/C22H25N5O/c1-15-14-20(16(2)27(15)22-24-10-3-11-25-22)21(28)26-19-6-4-17(5-7-19)18-8-12-23-13-9-18/h3-7,10-11,14,18,23H,8-9,12-13H2,1-2H3,(H,26,28). The molecule has 0 radical (unpaired) electrons. The van der Waals surface area contributed by atoms with Gasteiger partial charge in [0.25, 0.3) is 5.91 Å². The highest BCUT2D eigenvalue weighted by Gasteiger charge is 2.19. The summed E-state index contributed by atoms with van der Waals surface area (Å²) in [5.74, 6) is 1.06. The molecule has 1 aliphatic rings. The fraction of sp³-hybridized carbons (Fsp3) is 0.318. The van der Waals surface area contributed by atoms with Crippen LogP contribution in [0.25, 0.3) is 5.95 Å². The van der Waals surface area contributed by atoms with Gasteiger partial charge in [0, 0.05) is 29.5 Å². The molecule has 1 aromatic carbocycles. The molecule has 1 fully saturated rings. The van der Waals surface area contributed by atoms with Gasteiger partial charge in [-0.15, -0.1) is 0 Å². The number of anilines is 1. The number of hydrogen-bond donors (Lipinski definition) is 2. The molecular weight excluding hydrogens is 350 g/mol. The van der Waals surface area contributed by atoms with E-state index in [0.717, 1.165) is 30.2 Å². The second-order valence-corrected chi connectivity index (χ2v) is 7.27. The maximum absolute atomic E-state index is 12.8. The summed E-state index contributed by atoms with van der Waals surface area (Å²) in [6.07, 6.45) is 5.73. The number of amides is 1. The number of aryl methyl sites for hydroxylation is 1. The minimum absolute atomic E-state index is 0.120. The molecule has 2 aromatic heterocycles. The van der Waals surface area contributed by atoms with Crippen LogP contribution in [0.2, 0.25) is 0 Å². The molecule has 0 unspecified atom stereocenters. The monoisotopic (exact) mass is 375 g/mol. The van der Waals surface area contributed by atoms with Crippen molar-refractivity contribution in [1.29, 1.82) is 0 Å². The summed E-state index contributed by atoms with van der Waals surface area (Å²) in [4.78, 5) is 21.4. The first kappa shape index (κ1) is 18.4. The van der Waals surface area contributed by atoms with Crippen LogP contribution < -0.4 is 10.6 Å². The van der Waals surface area contributed by atoms with Crippen molar-refractivity contribution in [2.75, 3.05) is 18.4 Å². The van der Waals surface area contributed by atoms with Crippen molar-refractivity contribution in [2.45, 2.75) is 32.6 Å². The number of nitrogens with zero attached hydrogens (tertiary/aromatic N) is 3. The van der Waals surface area contributed by atoms with Crippen LogP contribution in [0.5, 0.6) is 0 Å². The van der Waals surface area contributed by atoms with E-state index in [1.165, 1.54) is 18.4 Å². The van der Waals surface area contributed by atoms with Crippen LogP contribution in [0, 0.1) is 13.8 Å². The predicted molar refractivity (Wildman–Crippen MR) is 110 cm³/mol. The average Bonchev–Trinajstić information content (AvgIpc) is 3.04. The number of hydrogen-bond acceptors (Lipinski definition) is 4. The Morgan fingerprint density at radius 3 is 2.46 bits per heavy atom. The van der Waals surface area contributed by atoms with Gasteiger partial charge in [-0.05, 0) is 75.5 Å². The normalized spacial score (nSPS) is 14.8. The Labute approximate surface area is 165 Å². The highest BCUT2D eigenvalue weighted by Crippen LogP contribution is 2.26. The zero-order chi connectivity index (χ0) is 19.5. The van der Waals surface area contributed by atoms with Gasteiger partial charge in [0.2, 0.25) is 5.95 Å². The lowest BCUT2D eigenvalue weighted by Crippen LogP contribution is -2.26. The van der Waals surface area contributed by atoms with Gasteiger partial charge in [-0.2, -0.15) is 0 Å². The average molecular weight is 375 g/mol. The summed E-state index contributed by atoms with van der Waals surface area (Å²) in [7, 11) is 0. The molecule has 0 aliphatic carbocycles. The maximum atomic E-state index is 12.8. The van der Waals surface area contributed by atoms with Gasteiger partial charge in [0.1, 0.15) is 0 Å². The fourth-order valence-electron chi connectivity index (χ4n) is 3.90. The molecule has 0 spiro atoms. The van der Waals surface area contributed by atoms with Crippen LogP contribution in [0.15, 0.2) is 48.8 Å². The lowest BCUT2D eigenvalue weighted by atomic mass is 9.90. The van der Waals surface area contributed by atoms with Crippen molar-refractivity contribution < 1.29 is 4.79 Å². The third-order valence-electron chi connectivity index (χ3n) is 5.41. The van der Waals surface area contributed by atoms with Crippen LogP contribution >= 0.6 is 0 Å². The third kappa shape index (κ3) is 3.68. The van der Waals surface area contributed by atoms with Crippen LogP contribution in [-0.4, -0.2) is 33.5 Å². The van der Waals surface area contributed by atoms with Gasteiger partial charge in [0.15, 0.2) is 0 Å². The Bertz CT molecular complexity index is 957. The van der Waals surface area contributed by atoms with Crippen LogP contribution in [0.4, 0.5) is 5.69 Å². The van der Waals surface area contributed by atoms with E-state index in [2.05, 4.69) is 32.7 Å². The first-order valence-corrected chi connectivity index (χ1v) is 9.72. The molecular formula is C22H25N5O. The Morgan fingerprint density at radius 2 is 1.79 bits per heavy atom. The molecule has 2 N–H and O–H groups in total. The van der Waals surface area contributed by atoms with Crippen molar-refractivity contribution in [3.63, 3.8) is 0 Å². The van der Waals surface area contributed by atoms with Gasteiger partial charge in [-0.25, -0.2) is 9.97 Å². The molecule has 1 saturated heterocycles. The Morgan fingerprint density at radius 1 is 1.11 bits per heavy atom. The van der Waals surface area contributed by atoms with Crippen molar-refractivity contribution in [3.05, 3.63) is 71.3 Å². The van der Waals surface area contributed by atoms with Gasteiger partial charge < -0.3 is 10.6 Å². The maximum Gasteiger partial charge on any atom is 0.257 e. The molecule has 0 bridgehead atoms. The predicted octanol–water partition coefficient (Wildman–Crippen LogP) is 3.60. The Balaban J connectivity index is 1.51. The Kier molecular flexibility index (Phi) is 5.21. The van der Waals surface area contributed by atoms with Crippen molar-refractivity contribution in [1.82, 2.24) is 19.9 Å². The molecule has 0 atom stereocenters. The first-order valence-electron chi connectivity index (χ1n) is 9.72. The zero-order valence-electron chi connectivity index (χ0n) is 16.3. The summed E-state index contributed by atoms with van der Waals surface area (Å²) < 4.78 is 1.90. The highest BCUT2D eigenvalue weighted by molar-refractivity contribution is 6.05. The van der Waals surface area contributed by atoms with Crippen LogP contribution in [0.3, 0.4) is 0 Å². The quantitative estimate of drug-likeness (QED) is 0.731. The van der Waals surface area contributed by atoms with E-state index in [1.807, 2.05) is 36.6 Å². The molecule has 1 amide bonds. The van der Waals surface area contributed by atoms with E-state index in [9.17, 15) is 4.79 Å². The van der Waals surface area contributed by atoms with E-state index >= 15 is 0 Å². The molecule has 3 aromatic rings.